The van der Waals surface area contributed by atoms with E-state index >= 15 is 0 Å². The maximum absolute atomic E-state index is 12.1. The van der Waals surface area contributed by atoms with Crippen LogP contribution < -0.4 is 4.90 Å². The third kappa shape index (κ3) is 2.47. The second-order valence-corrected chi connectivity index (χ2v) is 3.80. The first-order valence-corrected chi connectivity index (χ1v) is 5.29. The standard InChI is InChI=1S/C13H13N3O/c1-10-5-6-12(15-8-10)16(2)13(17)11-4-3-7-14-9-11/h3-9H,1-2H3. The Balaban J connectivity index is 2.23. The van der Waals surface area contributed by atoms with E-state index < -0.39 is 0 Å². The molecule has 4 nitrogen and oxygen atoms in total. The van der Waals surface area contributed by atoms with Crippen LogP contribution in [-0.4, -0.2) is 22.9 Å². The highest BCUT2D eigenvalue weighted by Crippen LogP contribution is 2.12. The minimum Gasteiger partial charge on any atom is -0.296 e. The lowest BCUT2D eigenvalue weighted by atomic mass is 10.2. The lowest BCUT2D eigenvalue weighted by Gasteiger charge is -2.15. The second-order valence-electron chi connectivity index (χ2n) is 3.80. The Bertz CT molecular complexity index is 508. The van der Waals surface area contributed by atoms with Gasteiger partial charge in [-0.05, 0) is 30.7 Å². The van der Waals surface area contributed by atoms with Crippen molar-refractivity contribution >= 4 is 11.7 Å². The summed E-state index contributed by atoms with van der Waals surface area (Å²) >= 11 is 0. The minimum absolute atomic E-state index is 0.116. The molecule has 1 amide bonds. The Kier molecular flexibility index (Phi) is 3.14. The van der Waals surface area contributed by atoms with Crippen molar-refractivity contribution in [3.8, 4) is 0 Å². The molecule has 0 aromatic carbocycles. The Morgan fingerprint density at radius 3 is 2.65 bits per heavy atom. The highest BCUT2D eigenvalue weighted by Gasteiger charge is 2.13. The summed E-state index contributed by atoms with van der Waals surface area (Å²) in [5, 5.41) is 0. The molecule has 2 aromatic rings. The summed E-state index contributed by atoms with van der Waals surface area (Å²) in [6.45, 7) is 1.96. The van der Waals surface area contributed by atoms with Gasteiger partial charge in [-0.15, -0.1) is 0 Å². The molecule has 86 valence electrons. The number of carbonyl (C=O) groups is 1. The third-order valence-electron chi connectivity index (χ3n) is 2.45. The Labute approximate surface area is 99.9 Å². The van der Waals surface area contributed by atoms with E-state index in [1.165, 1.54) is 4.90 Å². The molecular formula is C13H13N3O. The SMILES string of the molecule is Cc1ccc(N(C)C(=O)c2cccnc2)nc1. The normalized spacial score (nSPS) is 10.0. The molecule has 0 saturated heterocycles. The number of carbonyl (C=O) groups excluding carboxylic acids is 1. The monoisotopic (exact) mass is 227 g/mol. The Morgan fingerprint density at radius 2 is 2.06 bits per heavy atom. The zero-order chi connectivity index (χ0) is 12.3. The van der Waals surface area contributed by atoms with Gasteiger partial charge in [-0.3, -0.25) is 14.7 Å². The predicted octanol–water partition coefficient (Wildman–Crippen LogP) is 2.06. The molecule has 0 fully saturated rings. The number of amides is 1. The molecule has 17 heavy (non-hydrogen) atoms. The van der Waals surface area contributed by atoms with E-state index in [-0.39, 0.29) is 5.91 Å². The summed E-state index contributed by atoms with van der Waals surface area (Å²) in [6.07, 6.45) is 4.93. The molecule has 2 rings (SSSR count). The van der Waals surface area contributed by atoms with Crippen LogP contribution >= 0.6 is 0 Å². The van der Waals surface area contributed by atoms with Crippen LogP contribution in [0.5, 0.6) is 0 Å². The van der Waals surface area contributed by atoms with Gasteiger partial charge < -0.3 is 0 Å². The third-order valence-corrected chi connectivity index (χ3v) is 2.45. The lowest BCUT2D eigenvalue weighted by Crippen LogP contribution is -2.27. The van der Waals surface area contributed by atoms with Crippen LogP contribution in [0.2, 0.25) is 0 Å². The molecule has 0 bridgehead atoms. The summed E-state index contributed by atoms with van der Waals surface area (Å²) in [7, 11) is 1.70. The average Bonchev–Trinajstić information content (AvgIpc) is 2.39. The molecule has 0 radical (unpaired) electrons. The van der Waals surface area contributed by atoms with Gasteiger partial charge in [-0.1, -0.05) is 6.07 Å². The molecule has 2 aromatic heterocycles. The predicted molar refractivity (Wildman–Crippen MR) is 65.9 cm³/mol. The molecule has 0 atom stereocenters. The average molecular weight is 227 g/mol. The van der Waals surface area contributed by atoms with Gasteiger partial charge in [0.1, 0.15) is 5.82 Å². The van der Waals surface area contributed by atoms with Crippen molar-refractivity contribution in [3.63, 3.8) is 0 Å². The van der Waals surface area contributed by atoms with Crippen LogP contribution in [0.3, 0.4) is 0 Å². The van der Waals surface area contributed by atoms with E-state index in [2.05, 4.69) is 9.97 Å². The number of rotatable bonds is 2. The molecule has 0 spiro atoms. The highest BCUT2D eigenvalue weighted by molar-refractivity contribution is 6.04. The van der Waals surface area contributed by atoms with Crippen molar-refractivity contribution in [1.82, 2.24) is 9.97 Å². The second kappa shape index (κ2) is 4.74. The lowest BCUT2D eigenvalue weighted by molar-refractivity contribution is 0.0992. The maximum atomic E-state index is 12.1. The zero-order valence-corrected chi connectivity index (χ0v) is 9.79. The van der Waals surface area contributed by atoms with Crippen molar-refractivity contribution in [1.29, 1.82) is 0 Å². The van der Waals surface area contributed by atoms with E-state index in [1.54, 1.807) is 37.8 Å². The van der Waals surface area contributed by atoms with Crippen molar-refractivity contribution in [3.05, 3.63) is 54.0 Å². The van der Waals surface area contributed by atoms with Gasteiger partial charge in [0.05, 0.1) is 5.56 Å². The van der Waals surface area contributed by atoms with Gasteiger partial charge in [-0.25, -0.2) is 4.98 Å². The molecule has 0 aliphatic rings. The fourth-order valence-electron chi connectivity index (χ4n) is 1.45. The number of aryl methyl sites for hydroxylation is 1. The van der Waals surface area contributed by atoms with Crippen LogP contribution in [0.25, 0.3) is 0 Å². The molecule has 0 aliphatic carbocycles. The number of hydrogen-bond acceptors (Lipinski definition) is 3. The quantitative estimate of drug-likeness (QED) is 0.789. The van der Waals surface area contributed by atoms with Gasteiger partial charge in [-0.2, -0.15) is 0 Å². The maximum Gasteiger partial charge on any atom is 0.260 e. The van der Waals surface area contributed by atoms with Crippen LogP contribution in [0.4, 0.5) is 5.82 Å². The molecule has 0 N–H and O–H groups in total. The number of hydrogen-bond donors (Lipinski definition) is 0. The van der Waals surface area contributed by atoms with E-state index in [0.717, 1.165) is 5.56 Å². The number of pyridine rings is 2. The van der Waals surface area contributed by atoms with E-state index in [0.29, 0.717) is 11.4 Å². The van der Waals surface area contributed by atoms with Crippen LogP contribution in [0.1, 0.15) is 15.9 Å². The summed E-state index contributed by atoms with van der Waals surface area (Å²) in [6, 6.07) is 7.22. The topological polar surface area (TPSA) is 46.1 Å². The first kappa shape index (κ1) is 11.3. The van der Waals surface area contributed by atoms with E-state index in [4.69, 9.17) is 0 Å². The summed E-state index contributed by atoms with van der Waals surface area (Å²) in [4.78, 5) is 21.7. The van der Waals surface area contributed by atoms with E-state index in [1.807, 2.05) is 19.1 Å². The summed E-state index contributed by atoms with van der Waals surface area (Å²) in [5.41, 5.74) is 1.62. The molecule has 2 heterocycles. The Hall–Kier alpha value is -2.23. The molecule has 0 aliphatic heterocycles. The smallest absolute Gasteiger partial charge is 0.260 e. The van der Waals surface area contributed by atoms with Crippen LogP contribution in [0, 0.1) is 6.92 Å². The van der Waals surface area contributed by atoms with Crippen molar-refractivity contribution in [2.24, 2.45) is 0 Å². The minimum atomic E-state index is -0.116. The first-order valence-electron chi connectivity index (χ1n) is 5.29. The van der Waals surface area contributed by atoms with Gasteiger partial charge in [0.2, 0.25) is 0 Å². The summed E-state index contributed by atoms with van der Waals surface area (Å²) < 4.78 is 0. The molecule has 0 unspecified atom stereocenters. The van der Waals surface area contributed by atoms with Gasteiger partial charge in [0.15, 0.2) is 0 Å². The van der Waals surface area contributed by atoms with Gasteiger partial charge in [0, 0.05) is 25.6 Å². The first-order chi connectivity index (χ1) is 8.18. The molecule has 0 saturated carbocycles. The Morgan fingerprint density at radius 1 is 1.24 bits per heavy atom. The molecular weight excluding hydrogens is 214 g/mol. The molecule has 4 heteroatoms. The fourth-order valence-corrected chi connectivity index (χ4v) is 1.45. The number of anilines is 1. The summed E-state index contributed by atoms with van der Waals surface area (Å²) in [5.74, 6) is 0.513. The number of aromatic nitrogens is 2. The van der Waals surface area contributed by atoms with Crippen molar-refractivity contribution in [2.75, 3.05) is 11.9 Å². The highest BCUT2D eigenvalue weighted by atomic mass is 16.2. The van der Waals surface area contributed by atoms with Crippen molar-refractivity contribution in [2.45, 2.75) is 6.92 Å². The number of nitrogens with zero attached hydrogens (tertiary/aromatic N) is 3. The van der Waals surface area contributed by atoms with E-state index in [9.17, 15) is 4.79 Å². The van der Waals surface area contributed by atoms with Crippen LogP contribution in [0.15, 0.2) is 42.9 Å². The largest absolute Gasteiger partial charge is 0.296 e. The van der Waals surface area contributed by atoms with Crippen molar-refractivity contribution < 1.29 is 4.79 Å². The fraction of sp³-hybridized carbons (Fsp3) is 0.154. The zero-order valence-electron chi connectivity index (χ0n) is 9.79. The van der Waals surface area contributed by atoms with Crippen LogP contribution in [-0.2, 0) is 0 Å². The van der Waals surface area contributed by atoms with Gasteiger partial charge >= 0.3 is 0 Å². The van der Waals surface area contributed by atoms with Gasteiger partial charge in [0.25, 0.3) is 5.91 Å².